The maximum atomic E-state index is 10.1. The highest BCUT2D eigenvalue weighted by molar-refractivity contribution is 4.96. The van der Waals surface area contributed by atoms with Gasteiger partial charge in [-0.3, -0.25) is 0 Å². The van der Waals surface area contributed by atoms with Crippen molar-refractivity contribution in [3.63, 3.8) is 0 Å². The van der Waals surface area contributed by atoms with Crippen molar-refractivity contribution < 1.29 is 19.4 Å². The van der Waals surface area contributed by atoms with Crippen LogP contribution in [0, 0.1) is 10.1 Å². The lowest BCUT2D eigenvalue weighted by atomic mass is 10.1. The minimum atomic E-state index is -0.830. The molecular weight excluding hydrogens is 180 g/mol. The summed E-state index contributed by atoms with van der Waals surface area (Å²) in [7, 11) is 0. The van der Waals surface area contributed by atoms with E-state index in [1.165, 1.54) is 0 Å². The third-order valence-electron chi connectivity index (χ3n) is 2.27. The van der Waals surface area contributed by atoms with Crippen LogP contribution in [0.5, 0.6) is 0 Å². The lowest BCUT2D eigenvalue weighted by Gasteiger charge is -2.13. The van der Waals surface area contributed by atoms with Gasteiger partial charge in [0.1, 0.15) is 12.2 Å². The molecule has 0 aromatic heterocycles. The van der Waals surface area contributed by atoms with Gasteiger partial charge in [0.25, 0.3) is 5.09 Å². The highest BCUT2D eigenvalue weighted by atomic mass is 17.0. The number of ether oxygens (including phenoxy) is 2. The van der Waals surface area contributed by atoms with E-state index in [-0.39, 0.29) is 24.9 Å². The molecular formula is C6H10N2O5. The Morgan fingerprint density at radius 3 is 2.77 bits per heavy atom. The summed E-state index contributed by atoms with van der Waals surface area (Å²) < 4.78 is 10.4. The third-order valence-corrected chi connectivity index (χ3v) is 2.27. The van der Waals surface area contributed by atoms with E-state index in [1.54, 1.807) is 0 Å². The molecule has 2 N–H and O–H groups in total. The Morgan fingerprint density at radius 2 is 2.08 bits per heavy atom. The van der Waals surface area contributed by atoms with Gasteiger partial charge in [-0.15, -0.1) is 10.1 Å². The number of hydrogen-bond donors (Lipinski definition) is 1. The van der Waals surface area contributed by atoms with Crippen LogP contribution in [0.15, 0.2) is 0 Å². The maximum absolute atomic E-state index is 10.1. The predicted molar refractivity (Wildman–Crippen MR) is 39.3 cm³/mol. The van der Waals surface area contributed by atoms with E-state index < -0.39 is 11.2 Å². The summed E-state index contributed by atoms with van der Waals surface area (Å²) in [5.41, 5.74) is 5.64. The van der Waals surface area contributed by atoms with Crippen LogP contribution in [-0.2, 0) is 14.3 Å². The summed E-state index contributed by atoms with van der Waals surface area (Å²) in [6.45, 7) is 0.539. The highest BCUT2D eigenvalue weighted by Gasteiger charge is 2.48. The minimum absolute atomic E-state index is 0.171. The molecule has 0 bridgehead atoms. The quantitative estimate of drug-likeness (QED) is 0.429. The van der Waals surface area contributed by atoms with E-state index in [0.29, 0.717) is 6.61 Å². The largest absolute Gasteiger partial charge is 0.371 e. The fourth-order valence-corrected chi connectivity index (χ4v) is 1.69. The average molecular weight is 190 g/mol. The van der Waals surface area contributed by atoms with Crippen LogP contribution in [0.2, 0.25) is 0 Å². The summed E-state index contributed by atoms with van der Waals surface area (Å²) in [6.07, 6.45) is -1.28. The molecule has 74 valence electrons. The standard InChI is InChI=1S/C6H10N2O5/c7-3-1-11-6-4(13-8(9)10)2-12-5(3)6/h3-6H,1-2,7H2/t3-,4+,5-,6-/m1/s1. The molecule has 13 heavy (non-hydrogen) atoms. The predicted octanol–water partition coefficient (Wildman–Crippen LogP) is -1.31. The lowest BCUT2D eigenvalue weighted by Crippen LogP contribution is -2.37. The Kier molecular flexibility index (Phi) is 2.06. The van der Waals surface area contributed by atoms with Crippen molar-refractivity contribution in [3.8, 4) is 0 Å². The van der Waals surface area contributed by atoms with Crippen LogP contribution in [0.1, 0.15) is 0 Å². The van der Waals surface area contributed by atoms with Gasteiger partial charge in [0.15, 0.2) is 6.10 Å². The van der Waals surface area contributed by atoms with Gasteiger partial charge in [-0.25, -0.2) is 0 Å². The first-order valence-corrected chi connectivity index (χ1v) is 3.98. The Morgan fingerprint density at radius 1 is 1.38 bits per heavy atom. The molecule has 4 atom stereocenters. The molecule has 0 aromatic rings. The molecule has 7 heteroatoms. The van der Waals surface area contributed by atoms with E-state index in [0.717, 1.165) is 0 Å². The van der Waals surface area contributed by atoms with Crippen molar-refractivity contribution >= 4 is 0 Å². The van der Waals surface area contributed by atoms with E-state index in [4.69, 9.17) is 15.2 Å². The van der Waals surface area contributed by atoms with Gasteiger partial charge < -0.3 is 20.0 Å². The second-order valence-electron chi connectivity index (χ2n) is 3.13. The maximum Gasteiger partial charge on any atom is 0.294 e. The van der Waals surface area contributed by atoms with Crippen LogP contribution >= 0.6 is 0 Å². The van der Waals surface area contributed by atoms with Gasteiger partial charge in [-0.2, -0.15) is 0 Å². The summed E-state index contributed by atoms with van der Waals surface area (Å²) in [4.78, 5) is 14.5. The second kappa shape index (κ2) is 3.09. The Balaban J connectivity index is 1.98. The Hall–Kier alpha value is -0.920. The van der Waals surface area contributed by atoms with Crippen molar-refractivity contribution in [1.29, 1.82) is 0 Å². The molecule has 2 heterocycles. The first-order valence-electron chi connectivity index (χ1n) is 3.98. The molecule has 2 rings (SSSR count). The smallest absolute Gasteiger partial charge is 0.294 e. The first-order chi connectivity index (χ1) is 6.18. The van der Waals surface area contributed by atoms with Gasteiger partial charge in [-0.1, -0.05) is 0 Å². The van der Waals surface area contributed by atoms with Gasteiger partial charge in [0.05, 0.1) is 19.3 Å². The molecule has 2 aliphatic heterocycles. The molecule has 0 radical (unpaired) electrons. The van der Waals surface area contributed by atoms with Crippen LogP contribution in [0.25, 0.3) is 0 Å². The molecule has 0 amide bonds. The molecule has 2 aliphatic rings. The zero-order valence-electron chi connectivity index (χ0n) is 6.79. The number of rotatable bonds is 2. The molecule has 7 nitrogen and oxygen atoms in total. The molecule has 0 aromatic carbocycles. The van der Waals surface area contributed by atoms with Crippen molar-refractivity contribution in [2.24, 2.45) is 5.73 Å². The van der Waals surface area contributed by atoms with Crippen LogP contribution in [0.3, 0.4) is 0 Å². The SMILES string of the molecule is N[C@@H]1CO[C@H]2[C@@H]1OC[C@@H]2O[N+](=O)[O-]. The normalized spacial score (nSPS) is 43.2. The molecule has 2 fully saturated rings. The number of hydrogen-bond acceptors (Lipinski definition) is 6. The first kappa shape index (κ1) is 8.67. The lowest BCUT2D eigenvalue weighted by molar-refractivity contribution is -0.769. The Labute approximate surface area is 73.8 Å². The molecule has 0 spiro atoms. The zero-order chi connectivity index (χ0) is 9.42. The molecule has 0 aliphatic carbocycles. The van der Waals surface area contributed by atoms with Gasteiger partial charge in [0, 0.05) is 0 Å². The monoisotopic (exact) mass is 190 g/mol. The van der Waals surface area contributed by atoms with Crippen LogP contribution in [0.4, 0.5) is 0 Å². The Bertz CT molecular complexity index is 223. The van der Waals surface area contributed by atoms with Crippen molar-refractivity contribution in [3.05, 3.63) is 10.1 Å². The molecule has 0 unspecified atom stereocenters. The van der Waals surface area contributed by atoms with Gasteiger partial charge >= 0.3 is 0 Å². The van der Waals surface area contributed by atoms with Crippen molar-refractivity contribution in [1.82, 2.24) is 0 Å². The summed E-state index contributed by atoms with van der Waals surface area (Å²) >= 11 is 0. The van der Waals surface area contributed by atoms with Crippen LogP contribution < -0.4 is 5.73 Å². The number of nitrogens with zero attached hydrogens (tertiary/aromatic N) is 1. The van der Waals surface area contributed by atoms with Crippen molar-refractivity contribution in [2.45, 2.75) is 24.4 Å². The fraction of sp³-hybridized carbons (Fsp3) is 1.00. The number of nitrogens with two attached hydrogens (primary N) is 1. The van der Waals surface area contributed by atoms with E-state index in [2.05, 4.69) is 4.84 Å². The molecule has 0 saturated carbocycles. The third kappa shape index (κ3) is 1.45. The summed E-state index contributed by atoms with van der Waals surface area (Å²) in [5.74, 6) is 0. The van der Waals surface area contributed by atoms with Crippen LogP contribution in [-0.4, -0.2) is 42.7 Å². The number of fused-ring (bicyclic) bond motifs is 1. The second-order valence-corrected chi connectivity index (χ2v) is 3.13. The summed E-state index contributed by atoms with van der Waals surface area (Å²) in [6, 6.07) is -0.203. The fourth-order valence-electron chi connectivity index (χ4n) is 1.69. The topological polar surface area (TPSA) is 96.9 Å². The zero-order valence-corrected chi connectivity index (χ0v) is 6.79. The van der Waals surface area contributed by atoms with Gasteiger partial charge in [0.2, 0.25) is 0 Å². The van der Waals surface area contributed by atoms with Crippen molar-refractivity contribution in [2.75, 3.05) is 13.2 Å². The molecule has 2 saturated heterocycles. The summed E-state index contributed by atoms with van der Waals surface area (Å²) in [5, 5.41) is 9.24. The average Bonchev–Trinajstić information content (AvgIpc) is 2.56. The van der Waals surface area contributed by atoms with E-state index in [1.807, 2.05) is 0 Å². The van der Waals surface area contributed by atoms with E-state index in [9.17, 15) is 10.1 Å². The minimum Gasteiger partial charge on any atom is -0.371 e. The highest BCUT2D eigenvalue weighted by Crippen LogP contribution is 2.27. The van der Waals surface area contributed by atoms with E-state index >= 15 is 0 Å². The van der Waals surface area contributed by atoms with Gasteiger partial charge in [-0.05, 0) is 0 Å².